The number of likely N-dealkylation sites (tertiary alicyclic amines) is 1. The number of hydrogen-bond acceptors (Lipinski definition) is 7. The van der Waals surface area contributed by atoms with Gasteiger partial charge < -0.3 is 24.4 Å². The van der Waals surface area contributed by atoms with Gasteiger partial charge in [0.25, 0.3) is 0 Å². The molecule has 1 aliphatic rings. The average Bonchev–Trinajstić information content (AvgIpc) is 3.69. The monoisotopic (exact) mass is 855 g/mol. The molecule has 1 heterocycles. The lowest BCUT2D eigenvalue weighted by Gasteiger charge is -2.37. The van der Waals surface area contributed by atoms with E-state index in [2.05, 4.69) is 127 Å². The highest BCUT2D eigenvalue weighted by Gasteiger charge is 2.45. The van der Waals surface area contributed by atoms with Gasteiger partial charge in [-0.3, -0.25) is 9.69 Å². The minimum Gasteiger partial charge on any atom is -0.494 e. The Hall–Kier alpha value is -5.25. The summed E-state index contributed by atoms with van der Waals surface area (Å²) in [7, 11) is 0. The normalized spacial score (nSPS) is 16.4. The minimum absolute atomic E-state index is 0.00517. The van der Waals surface area contributed by atoms with Gasteiger partial charge in [0.05, 0.1) is 30.0 Å². The summed E-state index contributed by atoms with van der Waals surface area (Å²) < 4.78 is 17.7. The van der Waals surface area contributed by atoms with Crippen molar-refractivity contribution in [3.05, 3.63) is 167 Å². The molecule has 0 aliphatic carbocycles. The number of hydrogen-bond donors (Lipinski definition) is 1. The van der Waals surface area contributed by atoms with Gasteiger partial charge >= 0.3 is 6.09 Å². The van der Waals surface area contributed by atoms with Gasteiger partial charge in [-0.25, -0.2) is 4.79 Å². The molecule has 0 saturated carbocycles. The van der Waals surface area contributed by atoms with Gasteiger partial charge in [0, 0.05) is 42.6 Å². The Labute approximate surface area is 374 Å². The molecular weight excluding hydrogens is 791 g/mol. The van der Waals surface area contributed by atoms with Crippen LogP contribution in [0.4, 0.5) is 4.79 Å². The lowest BCUT2D eigenvalue weighted by Crippen LogP contribution is -2.52. The summed E-state index contributed by atoms with van der Waals surface area (Å²) in [6.07, 6.45) is 1.09. The Morgan fingerprint density at radius 1 is 0.710 bits per heavy atom. The van der Waals surface area contributed by atoms with E-state index in [1.165, 1.54) is 0 Å². The van der Waals surface area contributed by atoms with Crippen LogP contribution in [0.5, 0.6) is 11.5 Å². The number of ether oxygens (including phenoxy) is 3. The predicted octanol–water partition coefficient (Wildman–Crippen LogP) is 11.1. The molecule has 1 N–H and O–H groups in total. The molecule has 0 bridgehead atoms. The van der Waals surface area contributed by atoms with E-state index in [-0.39, 0.29) is 35.8 Å². The SMILES string of the molecule is CCOc1ccccc1CN(Cc1ccccc1OCC)[C@H](C(=O)NCC1CC(SC(c2ccccc2)(c2ccccc2)c2ccccc2)CN1C(=O)OC(C)(C)C)[C@@H](C)CC. The lowest BCUT2D eigenvalue weighted by molar-refractivity contribution is -0.129. The van der Waals surface area contributed by atoms with Gasteiger partial charge in [-0.2, -0.15) is 0 Å². The zero-order valence-electron chi connectivity index (χ0n) is 37.6. The summed E-state index contributed by atoms with van der Waals surface area (Å²) in [5.41, 5.74) is 4.82. The maximum atomic E-state index is 15.0. The molecule has 6 rings (SSSR count). The molecule has 62 heavy (non-hydrogen) atoms. The van der Waals surface area contributed by atoms with Gasteiger partial charge in [0.15, 0.2) is 0 Å². The van der Waals surface area contributed by atoms with E-state index in [0.29, 0.717) is 39.3 Å². The molecule has 0 spiro atoms. The van der Waals surface area contributed by atoms with E-state index < -0.39 is 16.4 Å². The van der Waals surface area contributed by atoms with E-state index in [0.717, 1.165) is 45.7 Å². The highest BCUT2D eigenvalue weighted by atomic mass is 32.2. The second kappa shape index (κ2) is 21.7. The van der Waals surface area contributed by atoms with Crippen molar-refractivity contribution >= 4 is 23.8 Å². The number of carbonyl (C=O) groups is 2. The van der Waals surface area contributed by atoms with Gasteiger partial charge in [0.2, 0.25) is 5.91 Å². The summed E-state index contributed by atoms with van der Waals surface area (Å²) in [4.78, 5) is 33.2. The molecular formula is C53H65N3O5S. The van der Waals surface area contributed by atoms with Crippen molar-refractivity contribution in [2.75, 3.05) is 26.3 Å². The Balaban J connectivity index is 1.33. The van der Waals surface area contributed by atoms with Crippen LogP contribution in [0.25, 0.3) is 0 Å². The van der Waals surface area contributed by atoms with E-state index in [1.807, 2.05) is 87.7 Å². The first-order valence-corrected chi connectivity index (χ1v) is 23.1. The largest absolute Gasteiger partial charge is 0.494 e. The molecule has 1 aliphatic heterocycles. The van der Waals surface area contributed by atoms with Gasteiger partial charge in [-0.05, 0) is 75.8 Å². The number of rotatable bonds is 19. The van der Waals surface area contributed by atoms with Gasteiger partial charge in [0.1, 0.15) is 17.1 Å². The van der Waals surface area contributed by atoms with Crippen LogP contribution in [-0.2, 0) is 27.4 Å². The van der Waals surface area contributed by atoms with Crippen molar-refractivity contribution in [2.24, 2.45) is 5.92 Å². The standard InChI is InChI=1S/C53H65N3O5S/c1-8-39(4)49(55(36-40-24-20-22-32-47(40)59-9-2)37-41-25-21-23-33-48(41)60-10-3)50(57)54-35-45-34-46(38-56(45)51(58)61-52(5,6)7)62-53(42-26-14-11-15-27-42,43-28-16-12-17-29-43)44-30-18-13-19-31-44/h11-33,39,45-46,49H,8-10,34-38H2,1-7H3,(H,54,57)/t39-,45?,46?,49-/m0/s1. The van der Waals surface area contributed by atoms with Crippen LogP contribution in [0.15, 0.2) is 140 Å². The van der Waals surface area contributed by atoms with Crippen molar-refractivity contribution in [1.29, 1.82) is 0 Å². The molecule has 328 valence electrons. The first-order valence-electron chi connectivity index (χ1n) is 22.2. The highest BCUT2D eigenvalue weighted by Crippen LogP contribution is 2.52. The van der Waals surface area contributed by atoms with E-state index in [9.17, 15) is 9.59 Å². The summed E-state index contributed by atoms with van der Waals surface area (Å²) in [5, 5.41) is 3.41. The number of benzene rings is 5. The fourth-order valence-electron chi connectivity index (χ4n) is 8.55. The fourth-order valence-corrected chi connectivity index (χ4v) is 10.4. The molecule has 4 atom stereocenters. The number of thioether (sulfide) groups is 1. The molecule has 0 aromatic heterocycles. The number of para-hydroxylation sites is 2. The van der Waals surface area contributed by atoms with Crippen LogP contribution < -0.4 is 14.8 Å². The van der Waals surface area contributed by atoms with Crippen LogP contribution in [-0.4, -0.2) is 71.0 Å². The molecule has 2 unspecified atom stereocenters. The van der Waals surface area contributed by atoms with Crippen molar-refractivity contribution in [2.45, 2.75) is 102 Å². The van der Waals surface area contributed by atoms with Crippen LogP contribution in [0, 0.1) is 5.92 Å². The third-order valence-corrected chi connectivity index (χ3v) is 13.3. The average molecular weight is 856 g/mol. The Kier molecular flexibility index (Phi) is 16.2. The topological polar surface area (TPSA) is 80.3 Å². The third kappa shape index (κ3) is 11.4. The quantitative estimate of drug-likeness (QED) is 0.0829. The summed E-state index contributed by atoms with van der Waals surface area (Å²) in [5.74, 6) is 1.54. The van der Waals surface area contributed by atoms with Crippen LogP contribution >= 0.6 is 11.8 Å². The summed E-state index contributed by atoms with van der Waals surface area (Å²) in [6.45, 7) is 16.8. The molecule has 5 aromatic rings. The first kappa shape index (κ1) is 46.3. The number of nitrogens with one attached hydrogen (secondary N) is 1. The zero-order chi connectivity index (χ0) is 44.1. The molecule has 0 radical (unpaired) electrons. The molecule has 1 fully saturated rings. The maximum Gasteiger partial charge on any atom is 0.410 e. The van der Waals surface area contributed by atoms with E-state index in [1.54, 1.807) is 0 Å². The molecule has 5 aromatic carbocycles. The smallest absolute Gasteiger partial charge is 0.410 e. The van der Waals surface area contributed by atoms with Gasteiger partial charge in [-0.1, -0.05) is 148 Å². The van der Waals surface area contributed by atoms with Crippen LogP contribution in [0.1, 0.15) is 89.1 Å². The van der Waals surface area contributed by atoms with Crippen LogP contribution in [0.2, 0.25) is 0 Å². The molecule has 9 heteroatoms. The Morgan fingerprint density at radius 3 is 1.60 bits per heavy atom. The first-order chi connectivity index (χ1) is 30.0. The van der Waals surface area contributed by atoms with Crippen LogP contribution in [0.3, 0.4) is 0 Å². The Bertz CT molecular complexity index is 2010. The summed E-state index contributed by atoms with van der Waals surface area (Å²) >= 11 is 1.87. The van der Waals surface area contributed by atoms with Crippen molar-refractivity contribution in [1.82, 2.24) is 15.1 Å². The Morgan fingerprint density at radius 2 is 1.16 bits per heavy atom. The zero-order valence-corrected chi connectivity index (χ0v) is 38.4. The van der Waals surface area contributed by atoms with Crippen molar-refractivity contribution < 1.29 is 23.8 Å². The van der Waals surface area contributed by atoms with Crippen molar-refractivity contribution in [3.63, 3.8) is 0 Å². The lowest BCUT2D eigenvalue weighted by atomic mass is 9.84. The van der Waals surface area contributed by atoms with E-state index >= 15 is 0 Å². The number of carbonyl (C=O) groups excluding carboxylic acids is 2. The predicted molar refractivity (Wildman–Crippen MR) is 253 cm³/mol. The second-order valence-electron chi connectivity index (χ2n) is 17.1. The molecule has 1 saturated heterocycles. The fraction of sp³-hybridized carbons (Fsp3) is 0.396. The minimum atomic E-state index is -0.685. The number of nitrogens with zero attached hydrogens (tertiary/aromatic N) is 2. The maximum absolute atomic E-state index is 15.0. The second-order valence-corrected chi connectivity index (χ2v) is 18.6. The molecule has 8 nitrogen and oxygen atoms in total. The number of amides is 2. The third-order valence-electron chi connectivity index (χ3n) is 11.5. The van der Waals surface area contributed by atoms with E-state index in [4.69, 9.17) is 14.2 Å². The summed E-state index contributed by atoms with van der Waals surface area (Å²) in [6, 6.07) is 47.3. The highest BCUT2D eigenvalue weighted by molar-refractivity contribution is 8.01. The van der Waals surface area contributed by atoms with Crippen molar-refractivity contribution in [3.8, 4) is 11.5 Å². The van der Waals surface area contributed by atoms with Gasteiger partial charge in [-0.15, -0.1) is 11.8 Å². The molecule has 2 amide bonds.